The van der Waals surface area contributed by atoms with Gasteiger partial charge in [-0.15, -0.1) is 0 Å². The number of hydrogen-bond acceptors (Lipinski definition) is 5. The average molecular weight is 320 g/mol. The number of ether oxygens (including phenoxy) is 1. The van der Waals surface area contributed by atoms with Crippen LogP contribution in [0.1, 0.15) is 27.8 Å². The SMILES string of the molecule is C=C1Cc2cc3c(cc2CN(C)C1)C(c1cnc(OC)nc1)=NC3. The van der Waals surface area contributed by atoms with Crippen LogP contribution in [-0.4, -0.2) is 41.3 Å². The maximum atomic E-state index is 5.04. The van der Waals surface area contributed by atoms with Crippen LogP contribution in [0.4, 0.5) is 0 Å². The van der Waals surface area contributed by atoms with Gasteiger partial charge >= 0.3 is 6.01 Å². The van der Waals surface area contributed by atoms with Gasteiger partial charge in [-0.05, 0) is 36.2 Å². The quantitative estimate of drug-likeness (QED) is 0.797. The van der Waals surface area contributed by atoms with Gasteiger partial charge in [0.2, 0.25) is 0 Å². The van der Waals surface area contributed by atoms with Crippen LogP contribution in [0.2, 0.25) is 0 Å². The number of benzene rings is 1. The summed E-state index contributed by atoms with van der Waals surface area (Å²) in [5.41, 5.74) is 8.38. The Labute approximate surface area is 141 Å². The molecular formula is C19H20N4O. The fraction of sp³-hybridized carbons (Fsp3) is 0.316. The Balaban J connectivity index is 1.73. The van der Waals surface area contributed by atoms with Crippen LogP contribution in [0, 0.1) is 0 Å². The molecule has 0 atom stereocenters. The number of nitrogens with zero attached hydrogens (tertiary/aromatic N) is 4. The lowest BCUT2D eigenvalue weighted by atomic mass is 9.93. The van der Waals surface area contributed by atoms with Gasteiger partial charge in [0.15, 0.2) is 0 Å². The number of rotatable bonds is 2. The van der Waals surface area contributed by atoms with Crippen LogP contribution in [0.25, 0.3) is 0 Å². The van der Waals surface area contributed by atoms with Crippen LogP contribution in [-0.2, 0) is 19.5 Å². The summed E-state index contributed by atoms with van der Waals surface area (Å²) < 4.78 is 5.04. The average Bonchev–Trinajstić information content (AvgIpc) is 2.91. The molecule has 0 bridgehead atoms. The second-order valence-corrected chi connectivity index (χ2v) is 6.50. The van der Waals surface area contributed by atoms with Gasteiger partial charge in [0.05, 0.1) is 19.4 Å². The summed E-state index contributed by atoms with van der Waals surface area (Å²) in [7, 11) is 3.71. The first kappa shape index (κ1) is 15.0. The molecule has 5 heteroatoms. The highest BCUT2D eigenvalue weighted by molar-refractivity contribution is 6.15. The third kappa shape index (κ3) is 2.61. The molecule has 0 saturated carbocycles. The summed E-state index contributed by atoms with van der Waals surface area (Å²) in [6, 6.07) is 4.96. The van der Waals surface area contributed by atoms with Crippen LogP contribution < -0.4 is 4.74 Å². The predicted octanol–water partition coefficient (Wildman–Crippen LogP) is 2.38. The third-order valence-electron chi connectivity index (χ3n) is 4.55. The van der Waals surface area contributed by atoms with Crippen LogP contribution in [0.3, 0.4) is 0 Å². The van der Waals surface area contributed by atoms with Crippen molar-refractivity contribution in [2.24, 2.45) is 4.99 Å². The molecule has 122 valence electrons. The molecule has 2 aliphatic heterocycles. The second kappa shape index (κ2) is 5.83. The van der Waals surface area contributed by atoms with Crippen molar-refractivity contribution < 1.29 is 4.74 Å². The second-order valence-electron chi connectivity index (χ2n) is 6.50. The Morgan fingerprint density at radius 3 is 2.62 bits per heavy atom. The topological polar surface area (TPSA) is 50.6 Å². The van der Waals surface area contributed by atoms with E-state index in [1.165, 1.54) is 27.8 Å². The van der Waals surface area contributed by atoms with Gasteiger partial charge in [-0.3, -0.25) is 9.89 Å². The molecule has 0 saturated heterocycles. The Morgan fingerprint density at radius 2 is 1.88 bits per heavy atom. The Kier molecular flexibility index (Phi) is 3.65. The lowest BCUT2D eigenvalue weighted by molar-refractivity contribution is 0.360. The summed E-state index contributed by atoms with van der Waals surface area (Å²) in [5.74, 6) is 0. The first-order valence-corrected chi connectivity index (χ1v) is 8.05. The summed E-state index contributed by atoms with van der Waals surface area (Å²) in [5, 5.41) is 0. The van der Waals surface area contributed by atoms with E-state index in [2.05, 4.69) is 40.6 Å². The lowest BCUT2D eigenvalue weighted by Crippen LogP contribution is -2.18. The number of hydrogen-bond donors (Lipinski definition) is 0. The number of methoxy groups -OCH3 is 1. The van der Waals surface area contributed by atoms with E-state index in [1.807, 2.05) is 0 Å². The van der Waals surface area contributed by atoms with Crippen molar-refractivity contribution in [2.75, 3.05) is 20.7 Å². The van der Waals surface area contributed by atoms with E-state index in [0.29, 0.717) is 12.6 Å². The zero-order valence-corrected chi connectivity index (χ0v) is 14.0. The predicted molar refractivity (Wildman–Crippen MR) is 93.5 cm³/mol. The van der Waals surface area contributed by atoms with Crippen molar-refractivity contribution >= 4 is 5.71 Å². The van der Waals surface area contributed by atoms with Gasteiger partial charge in [0.1, 0.15) is 0 Å². The fourth-order valence-corrected chi connectivity index (χ4v) is 3.50. The standard InChI is InChI=1S/C19H20N4O/c1-12-4-13-5-14-7-20-18(16-8-21-19(24-3)22-9-16)17(14)6-15(13)11-23(2)10-12/h5-6,8-9H,1,4,7,10-11H2,2-3H3. The molecule has 2 aromatic rings. The molecule has 3 heterocycles. The van der Waals surface area contributed by atoms with Gasteiger partial charge in [-0.25, -0.2) is 9.97 Å². The molecule has 0 amide bonds. The minimum Gasteiger partial charge on any atom is -0.467 e. The highest BCUT2D eigenvalue weighted by atomic mass is 16.5. The molecule has 0 N–H and O–H groups in total. The molecule has 24 heavy (non-hydrogen) atoms. The molecule has 1 aromatic carbocycles. The number of aromatic nitrogens is 2. The van der Waals surface area contributed by atoms with Crippen molar-refractivity contribution in [1.29, 1.82) is 0 Å². The normalized spacial score (nSPS) is 17.1. The van der Waals surface area contributed by atoms with E-state index >= 15 is 0 Å². The molecular weight excluding hydrogens is 300 g/mol. The zero-order chi connectivity index (χ0) is 16.7. The highest BCUT2D eigenvalue weighted by Crippen LogP contribution is 2.29. The molecule has 1 aromatic heterocycles. The fourth-order valence-electron chi connectivity index (χ4n) is 3.50. The lowest BCUT2D eigenvalue weighted by Gasteiger charge is -2.15. The van der Waals surface area contributed by atoms with E-state index < -0.39 is 0 Å². The first-order chi connectivity index (χ1) is 11.6. The molecule has 0 unspecified atom stereocenters. The van der Waals surface area contributed by atoms with Crippen molar-refractivity contribution in [1.82, 2.24) is 14.9 Å². The molecule has 0 fully saturated rings. The van der Waals surface area contributed by atoms with Crippen LogP contribution >= 0.6 is 0 Å². The molecule has 2 aliphatic rings. The maximum absolute atomic E-state index is 5.04. The number of likely N-dealkylation sites (N-methyl/N-ethyl adjacent to an activating group) is 1. The molecule has 5 nitrogen and oxygen atoms in total. The van der Waals surface area contributed by atoms with Crippen LogP contribution in [0.5, 0.6) is 6.01 Å². The Morgan fingerprint density at radius 1 is 1.08 bits per heavy atom. The zero-order valence-electron chi connectivity index (χ0n) is 14.0. The van der Waals surface area contributed by atoms with Gasteiger partial charge < -0.3 is 4.74 Å². The monoisotopic (exact) mass is 320 g/mol. The van der Waals surface area contributed by atoms with Crippen molar-refractivity contribution in [3.8, 4) is 6.01 Å². The largest absolute Gasteiger partial charge is 0.467 e. The van der Waals surface area contributed by atoms with Crippen molar-refractivity contribution in [3.63, 3.8) is 0 Å². The number of fused-ring (bicyclic) bond motifs is 2. The highest BCUT2D eigenvalue weighted by Gasteiger charge is 2.23. The smallest absolute Gasteiger partial charge is 0.316 e. The van der Waals surface area contributed by atoms with Gasteiger partial charge in [-0.2, -0.15) is 0 Å². The molecule has 4 rings (SSSR count). The Hall–Kier alpha value is -2.53. The van der Waals surface area contributed by atoms with Gasteiger partial charge in [0, 0.05) is 36.6 Å². The summed E-state index contributed by atoms with van der Waals surface area (Å²) >= 11 is 0. The summed E-state index contributed by atoms with van der Waals surface area (Å²) in [4.78, 5) is 15.4. The van der Waals surface area contributed by atoms with E-state index in [1.54, 1.807) is 19.5 Å². The molecule has 0 aliphatic carbocycles. The first-order valence-electron chi connectivity index (χ1n) is 8.05. The van der Waals surface area contributed by atoms with Gasteiger partial charge in [-0.1, -0.05) is 18.2 Å². The Bertz CT molecular complexity index is 839. The van der Waals surface area contributed by atoms with E-state index in [-0.39, 0.29) is 0 Å². The summed E-state index contributed by atoms with van der Waals surface area (Å²) in [6.45, 7) is 6.80. The van der Waals surface area contributed by atoms with E-state index in [0.717, 1.165) is 30.8 Å². The van der Waals surface area contributed by atoms with Gasteiger partial charge in [0.25, 0.3) is 0 Å². The van der Waals surface area contributed by atoms with Crippen LogP contribution in [0.15, 0.2) is 41.7 Å². The molecule has 0 spiro atoms. The van der Waals surface area contributed by atoms with E-state index in [4.69, 9.17) is 9.73 Å². The van der Waals surface area contributed by atoms with E-state index in [9.17, 15) is 0 Å². The van der Waals surface area contributed by atoms with Crippen molar-refractivity contribution in [3.05, 3.63) is 64.5 Å². The maximum Gasteiger partial charge on any atom is 0.316 e. The molecule has 0 radical (unpaired) electrons. The number of aliphatic imine (C=N–C) groups is 1. The minimum absolute atomic E-state index is 0.375. The third-order valence-corrected chi connectivity index (χ3v) is 4.55. The summed E-state index contributed by atoms with van der Waals surface area (Å²) in [6.07, 6.45) is 4.51. The minimum atomic E-state index is 0.375. The van der Waals surface area contributed by atoms with Crippen molar-refractivity contribution in [2.45, 2.75) is 19.5 Å².